The second kappa shape index (κ2) is 5.91. The van der Waals surface area contributed by atoms with Gasteiger partial charge >= 0.3 is 0 Å². The van der Waals surface area contributed by atoms with Crippen LogP contribution in [0.15, 0.2) is 46.9 Å². The van der Waals surface area contributed by atoms with Crippen molar-refractivity contribution >= 4 is 27.5 Å². The van der Waals surface area contributed by atoms with E-state index in [0.29, 0.717) is 0 Å². The summed E-state index contributed by atoms with van der Waals surface area (Å²) in [4.78, 5) is 0. The van der Waals surface area contributed by atoms with E-state index in [0.717, 1.165) is 15.6 Å². The zero-order valence-corrected chi connectivity index (χ0v) is 14.7. The van der Waals surface area contributed by atoms with Gasteiger partial charge in [0.1, 0.15) is 0 Å². The van der Waals surface area contributed by atoms with Crippen molar-refractivity contribution in [1.29, 1.82) is 0 Å². The summed E-state index contributed by atoms with van der Waals surface area (Å²) in [5.41, 5.74) is 4.97. The van der Waals surface area contributed by atoms with Crippen molar-refractivity contribution in [2.45, 2.75) is 38.5 Å². The topological polar surface area (TPSA) is 0 Å². The number of hydrogen-bond acceptors (Lipinski definition) is 0. The van der Waals surface area contributed by atoms with E-state index >= 15 is 0 Å². The summed E-state index contributed by atoms with van der Waals surface area (Å²) in [5.74, 6) is 0. The molecule has 0 amide bonds. The third-order valence-corrected chi connectivity index (χ3v) is 4.67. The van der Waals surface area contributed by atoms with E-state index in [1.165, 1.54) is 11.1 Å². The Hall–Kier alpha value is -0.790. The fourth-order valence-corrected chi connectivity index (χ4v) is 3.36. The first kappa shape index (κ1) is 15.6. The number of halogens is 2. The van der Waals surface area contributed by atoms with Crippen LogP contribution in [0.3, 0.4) is 0 Å². The van der Waals surface area contributed by atoms with Crippen molar-refractivity contribution in [3.63, 3.8) is 0 Å². The highest BCUT2D eigenvalue weighted by atomic mass is 79.9. The zero-order valence-electron chi connectivity index (χ0n) is 12.4. The molecule has 0 nitrogen and oxygen atoms in total. The van der Waals surface area contributed by atoms with Crippen molar-refractivity contribution in [1.82, 2.24) is 0 Å². The minimum atomic E-state index is -0.126. The van der Waals surface area contributed by atoms with E-state index in [-0.39, 0.29) is 10.8 Å². The van der Waals surface area contributed by atoms with E-state index < -0.39 is 0 Å². The van der Waals surface area contributed by atoms with Crippen molar-refractivity contribution in [3.8, 4) is 0 Å². The molecule has 2 heteroatoms. The lowest BCUT2D eigenvalue weighted by atomic mass is 9.86. The molecule has 2 aromatic carbocycles. The van der Waals surface area contributed by atoms with E-state index in [1.807, 2.05) is 0 Å². The largest absolute Gasteiger partial charge is 0.113 e. The van der Waals surface area contributed by atoms with Crippen LogP contribution in [0.2, 0.25) is 0 Å². The minimum absolute atomic E-state index is 0.126. The number of rotatable bonds is 2. The summed E-state index contributed by atoms with van der Waals surface area (Å²) in [7, 11) is 0. The van der Waals surface area contributed by atoms with Gasteiger partial charge in [0.25, 0.3) is 0 Å². The summed E-state index contributed by atoms with van der Waals surface area (Å²) in [6.07, 6.45) is 0. The van der Waals surface area contributed by atoms with Gasteiger partial charge in [-0.1, -0.05) is 73.1 Å². The summed E-state index contributed by atoms with van der Waals surface area (Å²) in [5, 5.41) is -0.126. The molecule has 0 aromatic heterocycles. The van der Waals surface area contributed by atoms with E-state index in [4.69, 9.17) is 11.6 Å². The van der Waals surface area contributed by atoms with Crippen LogP contribution in [0.25, 0.3) is 0 Å². The van der Waals surface area contributed by atoms with Gasteiger partial charge in [0, 0.05) is 4.47 Å². The smallest absolute Gasteiger partial charge is 0.0846 e. The molecule has 0 radical (unpaired) electrons. The lowest BCUT2D eigenvalue weighted by Crippen LogP contribution is -2.10. The van der Waals surface area contributed by atoms with E-state index in [2.05, 4.69) is 86.1 Å². The molecular weight excluding hydrogens is 332 g/mol. The van der Waals surface area contributed by atoms with Gasteiger partial charge in [-0.25, -0.2) is 0 Å². The molecule has 2 rings (SSSR count). The Bertz CT molecular complexity index is 594. The maximum atomic E-state index is 6.63. The molecule has 0 spiro atoms. The predicted molar refractivity (Wildman–Crippen MR) is 91.7 cm³/mol. The van der Waals surface area contributed by atoms with Gasteiger partial charge in [0.05, 0.1) is 5.38 Å². The summed E-state index contributed by atoms with van der Waals surface area (Å²) in [6, 6.07) is 14.9. The highest BCUT2D eigenvalue weighted by Gasteiger charge is 2.17. The Labute approximate surface area is 135 Å². The first-order chi connectivity index (χ1) is 9.29. The normalized spacial score (nSPS) is 13.3. The second-order valence-electron chi connectivity index (χ2n) is 6.26. The van der Waals surface area contributed by atoms with Crippen molar-refractivity contribution < 1.29 is 0 Å². The maximum Gasteiger partial charge on any atom is 0.0846 e. The lowest BCUT2D eigenvalue weighted by Gasteiger charge is -2.20. The molecule has 0 saturated heterocycles. The van der Waals surface area contributed by atoms with Gasteiger partial charge in [-0.3, -0.25) is 0 Å². The highest BCUT2D eigenvalue weighted by Crippen LogP contribution is 2.35. The van der Waals surface area contributed by atoms with E-state index in [9.17, 15) is 0 Å². The van der Waals surface area contributed by atoms with Crippen molar-refractivity contribution in [2.75, 3.05) is 0 Å². The van der Waals surface area contributed by atoms with Crippen LogP contribution in [0.1, 0.15) is 48.4 Å². The Morgan fingerprint density at radius 1 is 1.00 bits per heavy atom. The monoisotopic (exact) mass is 350 g/mol. The number of hydrogen-bond donors (Lipinski definition) is 0. The highest BCUT2D eigenvalue weighted by molar-refractivity contribution is 9.10. The van der Waals surface area contributed by atoms with Crippen LogP contribution in [0.5, 0.6) is 0 Å². The zero-order chi connectivity index (χ0) is 14.9. The van der Waals surface area contributed by atoms with Gasteiger partial charge in [0.2, 0.25) is 0 Å². The molecule has 0 aliphatic heterocycles. The SMILES string of the molecule is Cc1ccc(C(Cl)c2ccc(C(C)(C)C)cc2)c(Br)c1. The summed E-state index contributed by atoms with van der Waals surface area (Å²) < 4.78 is 1.07. The van der Waals surface area contributed by atoms with E-state index in [1.54, 1.807) is 0 Å². The molecule has 20 heavy (non-hydrogen) atoms. The van der Waals surface area contributed by atoms with Crippen molar-refractivity contribution in [3.05, 3.63) is 69.2 Å². The molecule has 2 aromatic rings. The summed E-state index contributed by atoms with van der Waals surface area (Å²) in [6.45, 7) is 8.74. The number of alkyl halides is 1. The van der Waals surface area contributed by atoms with Gasteiger partial charge in [0.15, 0.2) is 0 Å². The van der Waals surface area contributed by atoms with Crippen LogP contribution in [-0.2, 0) is 5.41 Å². The first-order valence-corrected chi connectivity index (χ1v) is 8.02. The van der Waals surface area contributed by atoms with Crippen LogP contribution < -0.4 is 0 Å². The third kappa shape index (κ3) is 3.45. The maximum absolute atomic E-state index is 6.63. The molecule has 106 valence electrons. The molecular formula is C18H20BrCl. The van der Waals surface area contributed by atoms with Crippen LogP contribution >= 0.6 is 27.5 Å². The molecule has 0 aliphatic carbocycles. The molecule has 0 heterocycles. The van der Waals surface area contributed by atoms with Gasteiger partial charge < -0.3 is 0 Å². The second-order valence-corrected chi connectivity index (χ2v) is 7.55. The lowest BCUT2D eigenvalue weighted by molar-refractivity contribution is 0.590. The van der Waals surface area contributed by atoms with Crippen molar-refractivity contribution in [2.24, 2.45) is 0 Å². The fraction of sp³-hybridized carbons (Fsp3) is 0.333. The van der Waals surface area contributed by atoms with Gasteiger partial charge in [-0.05, 0) is 40.7 Å². The number of benzene rings is 2. The standard InChI is InChI=1S/C18H20BrCl/c1-12-5-10-15(16(19)11-12)17(20)13-6-8-14(9-7-13)18(2,3)4/h5-11,17H,1-4H3. The predicted octanol–water partition coefficient (Wildman–Crippen LogP) is 6.38. The average molecular weight is 352 g/mol. The Kier molecular flexibility index (Phi) is 4.61. The van der Waals surface area contributed by atoms with Gasteiger partial charge in [-0.2, -0.15) is 0 Å². The molecule has 0 fully saturated rings. The molecule has 0 aliphatic rings. The first-order valence-electron chi connectivity index (χ1n) is 6.79. The molecule has 1 unspecified atom stereocenters. The quantitative estimate of drug-likeness (QED) is 0.550. The Morgan fingerprint density at radius 2 is 1.60 bits per heavy atom. The van der Waals surface area contributed by atoms with Gasteiger partial charge in [-0.15, -0.1) is 11.6 Å². The molecule has 1 atom stereocenters. The molecule has 0 saturated carbocycles. The Balaban J connectivity index is 2.31. The fourth-order valence-electron chi connectivity index (χ4n) is 2.17. The number of aryl methyl sites for hydroxylation is 1. The minimum Gasteiger partial charge on any atom is -0.113 e. The van der Waals surface area contributed by atoms with Crippen LogP contribution in [0, 0.1) is 6.92 Å². The summed E-state index contributed by atoms with van der Waals surface area (Å²) >= 11 is 10.2. The molecule has 0 bridgehead atoms. The van der Waals surface area contributed by atoms with Crippen LogP contribution in [-0.4, -0.2) is 0 Å². The average Bonchev–Trinajstić information content (AvgIpc) is 2.37. The Morgan fingerprint density at radius 3 is 2.10 bits per heavy atom. The third-order valence-electron chi connectivity index (χ3n) is 3.50. The van der Waals surface area contributed by atoms with Crippen LogP contribution in [0.4, 0.5) is 0 Å². The molecule has 0 N–H and O–H groups in total.